The molecule has 0 spiro atoms. The molecule has 144 valence electrons. The molecule has 0 radical (unpaired) electrons. The zero-order valence-corrected chi connectivity index (χ0v) is 16.3. The zero-order valence-electron chi connectivity index (χ0n) is 15.5. The van der Waals surface area contributed by atoms with Crippen LogP contribution in [0.2, 0.25) is 0 Å². The minimum atomic E-state index is -2.98. The summed E-state index contributed by atoms with van der Waals surface area (Å²) in [4.78, 5) is 22.4. The van der Waals surface area contributed by atoms with Crippen molar-refractivity contribution in [3.63, 3.8) is 0 Å². The van der Waals surface area contributed by atoms with Crippen molar-refractivity contribution in [1.82, 2.24) is 9.97 Å². The number of nitrogens with zero attached hydrogens (tertiary/aromatic N) is 3. The molecule has 1 saturated heterocycles. The number of anilines is 3. The van der Waals surface area contributed by atoms with Gasteiger partial charge in [-0.15, -0.1) is 0 Å². The van der Waals surface area contributed by atoms with Crippen LogP contribution in [0.3, 0.4) is 0 Å². The van der Waals surface area contributed by atoms with Crippen LogP contribution in [0.5, 0.6) is 0 Å². The summed E-state index contributed by atoms with van der Waals surface area (Å²) in [7, 11) is 0.200. The Morgan fingerprint density at radius 2 is 2.07 bits per heavy atom. The number of carbonyl (C=O) groups excluding carboxylic acids is 1. The molecule has 1 fully saturated rings. The van der Waals surface area contributed by atoms with Gasteiger partial charge < -0.3 is 15.0 Å². The molecule has 0 bridgehead atoms. The highest BCUT2D eigenvalue weighted by atomic mass is 32.2. The van der Waals surface area contributed by atoms with Crippen molar-refractivity contribution in [2.24, 2.45) is 0 Å². The van der Waals surface area contributed by atoms with Gasteiger partial charge in [0.15, 0.2) is 9.84 Å². The fourth-order valence-electron chi connectivity index (χ4n) is 3.05. The zero-order chi connectivity index (χ0) is 19.6. The van der Waals surface area contributed by atoms with Gasteiger partial charge in [0, 0.05) is 24.8 Å². The number of hydrogen-bond donors (Lipinski definition) is 1. The van der Waals surface area contributed by atoms with E-state index in [4.69, 9.17) is 4.74 Å². The predicted molar refractivity (Wildman–Crippen MR) is 103 cm³/mol. The van der Waals surface area contributed by atoms with E-state index in [0.717, 1.165) is 0 Å². The number of aryl methyl sites for hydroxylation is 1. The SMILES string of the molecule is COC(=O)c1cccc(Nc2cc(N(C)C3CCS(=O)(=O)C3)nc(C)n2)c1. The van der Waals surface area contributed by atoms with Crippen LogP contribution in [-0.4, -0.2) is 56.1 Å². The summed E-state index contributed by atoms with van der Waals surface area (Å²) in [5.41, 5.74) is 1.12. The molecular weight excluding hydrogens is 368 g/mol. The van der Waals surface area contributed by atoms with Gasteiger partial charge in [0.2, 0.25) is 0 Å². The third-order valence-electron chi connectivity index (χ3n) is 4.50. The average molecular weight is 390 g/mol. The fourth-order valence-corrected chi connectivity index (χ4v) is 4.83. The van der Waals surface area contributed by atoms with E-state index in [-0.39, 0.29) is 17.5 Å². The first-order valence-electron chi connectivity index (χ1n) is 8.52. The standard InChI is InChI=1S/C18H22N4O4S/c1-12-19-16(21-14-6-4-5-13(9-14)18(23)26-3)10-17(20-12)22(2)15-7-8-27(24,25)11-15/h4-6,9-10,15H,7-8,11H2,1-3H3,(H,19,20,21). The van der Waals surface area contributed by atoms with Gasteiger partial charge in [-0.05, 0) is 31.5 Å². The summed E-state index contributed by atoms with van der Waals surface area (Å²) in [6, 6.07) is 8.58. The first-order chi connectivity index (χ1) is 12.8. The van der Waals surface area contributed by atoms with Crippen LogP contribution >= 0.6 is 0 Å². The number of aromatic nitrogens is 2. The summed E-state index contributed by atoms with van der Waals surface area (Å²) in [6.45, 7) is 1.78. The Hall–Kier alpha value is -2.68. The lowest BCUT2D eigenvalue weighted by Crippen LogP contribution is -2.33. The number of rotatable bonds is 5. The van der Waals surface area contributed by atoms with Crippen LogP contribution < -0.4 is 10.2 Å². The van der Waals surface area contributed by atoms with Gasteiger partial charge in [0.05, 0.1) is 24.2 Å². The van der Waals surface area contributed by atoms with Gasteiger partial charge in [-0.2, -0.15) is 0 Å². The number of sulfone groups is 1. The Morgan fingerprint density at radius 1 is 1.30 bits per heavy atom. The van der Waals surface area contributed by atoms with Crippen molar-refractivity contribution in [3.8, 4) is 0 Å². The van der Waals surface area contributed by atoms with E-state index in [1.54, 1.807) is 31.2 Å². The van der Waals surface area contributed by atoms with E-state index < -0.39 is 15.8 Å². The second-order valence-corrected chi connectivity index (χ2v) is 8.75. The Morgan fingerprint density at radius 3 is 2.74 bits per heavy atom. The lowest BCUT2D eigenvalue weighted by atomic mass is 10.2. The number of benzene rings is 1. The molecule has 1 aromatic heterocycles. The molecule has 1 N–H and O–H groups in total. The van der Waals surface area contributed by atoms with E-state index >= 15 is 0 Å². The van der Waals surface area contributed by atoms with Crippen LogP contribution in [0, 0.1) is 6.92 Å². The maximum absolute atomic E-state index is 11.8. The Kier molecular flexibility index (Phi) is 5.31. The molecule has 1 unspecified atom stereocenters. The van der Waals surface area contributed by atoms with E-state index in [1.807, 2.05) is 18.0 Å². The molecule has 2 heterocycles. The maximum Gasteiger partial charge on any atom is 0.337 e. The van der Waals surface area contributed by atoms with E-state index in [2.05, 4.69) is 15.3 Å². The molecule has 1 aliphatic heterocycles. The van der Waals surface area contributed by atoms with Crippen molar-refractivity contribution in [2.45, 2.75) is 19.4 Å². The van der Waals surface area contributed by atoms with Gasteiger partial charge in [-0.1, -0.05) is 6.07 Å². The van der Waals surface area contributed by atoms with Crippen molar-refractivity contribution < 1.29 is 17.9 Å². The van der Waals surface area contributed by atoms with E-state index in [9.17, 15) is 13.2 Å². The second-order valence-electron chi connectivity index (χ2n) is 6.52. The highest BCUT2D eigenvalue weighted by Gasteiger charge is 2.31. The maximum atomic E-state index is 11.8. The van der Waals surface area contributed by atoms with Crippen molar-refractivity contribution in [3.05, 3.63) is 41.7 Å². The number of methoxy groups -OCH3 is 1. The first-order valence-corrected chi connectivity index (χ1v) is 10.3. The van der Waals surface area contributed by atoms with Gasteiger partial charge in [-0.3, -0.25) is 0 Å². The number of carbonyl (C=O) groups is 1. The second kappa shape index (κ2) is 7.51. The average Bonchev–Trinajstić information content (AvgIpc) is 3.00. The molecule has 0 amide bonds. The van der Waals surface area contributed by atoms with E-state index in [0.29, 0.717) is 35.1 Å². The molecule has 1 atom stereocenters. The molecule has 1 aromatic carbocycles. The molecular formula is C18H22N4O4S. The summed E-state index contributed by atoms with van der Waals surface area (Å²) in [5.74, 6) is 1.70. The minimum Gasteiger partial charge on any atom is -0.465 e. The molecule has 3 rings (SSSR count). The molecule has 1 aliphatic rings. The number of hydrogen-bond acceptors (Lipinski definition) is 8. The number of nitrogens with one attached hydrogen (secondary N) is 1. The fraction of sp³-hybridized carbons (Fsp3) is 0.389. The normalized spacial score (nSPS) is 18.1. The van der Waals surface area contributed by atoms with Crippen LogP contribution in [-0.2, 0) is 14.6 Å². The monoisotopic (exact) mass is 390 g/mol. The highest BCUT2D eigenvalue weighted by molar-refractivity contribution is 7.91. The number of esters is 1. The van der Waals surface area contributed by atoms with Crippen molar-refractivity contribution in [1.29, 1.82) is 0 Å². The quantitative estimate of drug-likeness (QED) is 0.773. The largest absolute Gasteiger partial charge is 0.465 e. The highest BCUT2D eigenvalue weighted by Crippen LogP contribution is 2.25. The number of ether oxygens (including phenoxy) is 1. The third kappa shape index (κ3) is 4.54. The molecule has 0 saturated carbocycles. The smallest absolute Gasteiger partial charge is 0.337 e. The Bertz CT molecular complexity index is 962. The summed E-state index contributed by atoms with van der Waals surface area (Å²) in [6.07, 6.45) is 0.589. The first kappa shape index (κ1) is 19.1. The van der Waals surface area contributed by atoms with Crippen molar-refractivity contribution in [2.75, 3.05) is 35.9 Å². The lowest BCUT2D eigenvalue weighted by molar-refractivity contribution is 0.0601. The topological polar surface area (TPSA) is 101 Å². The Labute approximate surface area is 158 Å². The summed E-state index contributed by atoms with van der Waals surface area (Å²) < 4.78 is 28.2. The van der Waals surface area contributed by atoms with Crippen molar-refractivity contribution >= 4 is 33.1 Å². The van der Waals surface area contributed by atoms with Crippen LogP contribution in [0.1, 0.15) is 22.6 Å². The molecule has 8 nitrogen and oxygen atoms in total. The molecule has 9 heteroatoms. The van der Waals surface area contributed by atoms with Crippen LogP contribution in [0.15, 0.2) is 30.3 Å². The van der Waals surface area contributed by atoms with E-state index in [1.165, 1.54) is 7.11 Å². The summed E-state index contributed by atoms with van der Waals surface area (Å²) >= 11 is 0. The van der Waals surface area contributed by atoms with Gasteiger partial charge in [-0.25, -0.2) is 23.2 Å². The van der Waals surface area contributed by atoms with Gasteiger partial charge >= 0.3 is 5.97 Å². The lowest BCUT2D eigenvalue weighted by Gasteiger charge is -2.25. The van der Waals surface area contributed by atoms with Crippen LogP contribution in [0.4, 0.5) is 17.3 Å². The molecule has 2 aromatic rings. The van der Waals surface area contributed by atoms with Crippen LogP contribution in [0.25, 0.3) is 0 Å². The predicted octanol–water partition coefficient (Wildman–Crippen LogP) is 1.94. The third-order valence-corrected chi connectivity index (χ3v) is 6.25. The Balaban J connectivity index is 1.83. The molecule has 0 aliphatic carbocycles. The van der Waals surface area contributed by atoms with Gasteiger partial charge in [0.25, 0.3) is 0 Å². The summed E-state index contributed by atoms with van der Waals surface area (Å²) in [5, 5.41) is 3.16. The van der Waals surface area contributed by atoms with Gasteiger partial charge in [0.1, 0.15) is 17.5 Å². The minimum absolute atomic E-state index is 0.0974. The molecule has 27 heavy (non-hydrogen) atoms.